The predicted octanol–water partition coefficient (Wildman–Crippen LogP) is 3.61. The molecule has 1 aliphatic rings. The second kappa shape index (κ2) is 6.62. The smallest absolute Gasteiger partial charge is 0.150 e. The zero-order valence-corrected chi connectivity index (χ0v) is 14.5. The number of rotatable bonds is 4. The molecule has 1 fully saturated rings. The Morgan fingerprint density at radius 2 is 2.33 bits per heavy atom. The summed E-state index contributed by atoms with van der Waals surface area (Å²) in [6.07, 6.45) is 3.50. The van der Waals surface area contributed by atoms with Crippen molar-refractivity contribution in [3.05, 3.63) is 34.4 Å². The van der Waals surface area contributed by atoms with E-state index >= 15 is 0 Å². The van der Waals surface area contributed by atoms with E-state index < -0.39 is 0 Å². The lowest BCUT2D eigenvalue weighted by Crippen LogP contribution is -2.20. The summed E-state index contributed by atoms with van der Waals surface area (Å²) in [5, 5.41) is 6.09. The second-order valence-corrected chi connectivity index (χ2v) is 6.86. The van der Waals surface area contributed by atoms with Crippen molar-refractivity contribution in [3.8, 4) is 0 Å². The molecule has 2 heterocycles. The first-order valence-corrected chi connectivity index (χ1v) is 8.53. The molecule has 0 aliphatic carbocycles. The summed E-state index contributed by atoms with van der Waals surface area (Å²) in [6.45, 7) is 6.37. The molecule has 0 saturated carbocycles. The standard InChI is InChI=1S/C16H21IN3O/c1-3-19(2)11-14-13-10-12(17)7-8-15(13)20(18-14)16-6-4-5-9-21-16/h7-8,10,16H,1,3-6,9,11H2,2H3. The van der Waals surface area contributed by atoms with Crippen LogP contribution in [-0.2, 0) is 11.3 Å². The molecule has 1 saturated heterocycles. The van der Waals surface area contributed by atoms with Crippen LogP contribution in [0.1, 0.15) is 31.2 Å². The van der Waals surface area contributed by atoms with Crippen LogP contribution in [-0.4, -0.2) is 34.9 Å². The molecule has 4 nitrogen and oxygen atoms in total. The monoisotopic (exact) mass is 398 g/mol. The van der Waals surface area contributed by atoms with Crippen molar-refractivity contribution in [2.45, 2.75) is 32.0 Å². The Kier molecular flexibility index (Phi) is 4.81. The highest BCUT2D eigenvalue weighted by atomic mass is 127. The largest absolute Gasteiger partial charge is 0.356 e. The lowest BCUT2D eigenvalue weighted by Gasteiger charge is -2.23. The van der Waals surface area contributed by atoms with Crippen LogP contribution in [0.4, 0.5) is 0 Å². The van der Waals surface area contributed by atoms with Crippen LogP contribution in [0.2, 0.25) is 0 Å². The topological polar surface area (TPSA) is 30.3 Å². The number of fused-ring (bicyclic) bond motifs is 1. The van der Waals surface area contributed by atoms with Gasteiger partial charge < -0.3 is 9.64 Å². The van der Waals surface area contributed by atoms with Gasteiger partial charge in [0.1, 0.15) is 0 Å². The van der Waals surface area contributed by atoms with Gasteiger partial charge in [0.15, 0.2) is 6.23 Å². The third-order valence-electron chi connectivity index (χ3n) is 3.97. The summed E-state index contributed by atoms with van der Waals surface area (Å²) in [6, 6.07) is 6.52. The summed E-state index contributed by atoms with van der Waals surface area (Å²) in [5.74, 6) is 0. The summed E-state index contributed by atoms with van der Waals surface area (Å²) >= 11 is 2.36. The van der Waals surface area contributed by atoms with E-state index in [1.807, 2.05) is 0 Å². The predicted molar refractivity (Wildman–Crippen MR) is 93.0 cm³/mol. The molecule has 1 aromatic heterocycles. The SMILES string of the molecule is [CH2]CN(C)Cc1nn(C2CCCCO2)c2ccc(I)cc12. The van der Waals surface area contributed by atoms with Crippen molar-refractivity contribution in [2.75, 3.05) is 20.2 Å². The molecule has 3 rings (SSSR count). The lowest BCUT2D eigenvalue weighted by atomic mass is 10.1. The average molecular weight is 398 g/mol. The maximum atomic E-state index is 5.92. The van der Waals surface area contributed by atoms with E-state index in [1.165, 1.54) is 20.9 Å². The fourth-order valence-electron chi connectivity index (χ4n) is 2.76. The van der Waals surface area contributed by atoms with Crippen LogP contribution in [0.5, 0.6) is 0 Å². The lowest BCUT2D eigenvalue weighted by molar-refractivity contribution is -0.0369. The molecule has 21 heavy (non-hydrogen) atoms. The normalized spacial score (nSPS) is 19.5. The van der Waals surface area contributed by atoms with E-state index in [4.69, 9.17) is 9.84 Å². The molecule has 0 amide bonds. The maximum Gasteiger partial charge on any atom is 0.150 e. The molecule has 1 unspecified atom stereocenters. The van der Waals surface area contributed by atoms with E-state index in [0.717, 1.165) is 38.2 Å². The van der Waals surface area contributed by atoms with Gasteiger partial charge in [-0.25, -0.2) is 4.68 Å². The number of hydrogen-bond acceptors (Lipinski definition) is 3. The Hall–Kier alpha value is -0.660. The molecule has 1 radical (unpaired) electrons. The third kappa shape index (κ3) is 3.24. The first-order valence-electron chi connectivity index (χ1n) is 7.45. The number of ether oxygens (including phenoxy) is 1. The van der Waals surface area contributed by atoms with Crippen molar-refractivity contribution in [1.29, 1.82) is 0 Å². The maximum absolute atomic E-state index is 5.92. The average Bonchev–Trinajstić information content (AvgIpc) is 2.86. The van der Waals surface area contributed by atoms with E-state index in [1.54, 1.807) is 0 Å². The minimum atomic E-state index is 0.0834. The number of hydrogen-bond donors (Lipinski definition) is 0. The van der Waals surface area contributed by atoms with Gasteiger partial charge in [0.2, 0.25) is 0 Å². The summed E-state index contributed by atoms with van der Waals surface area (Å²) < 4.78 is 9.24. The Balaban J connectivity index is 2.03. The van der Waals surface area contributed by atoms with Crippen LogP contribution in [0.15, 0.2) is 18.2 Å². The van der Waals surface area contributed by atoms with Crippen LogP contribution in [0, 0.1) is 10.5 Å². The van der Waals surface area contributed by atoms with Crippen LogP contribution >= 0.6 is 22.6 Å². The van der Waals surface area contributed by atoms with Crippen molar-refractivity contribution in [3.63, 3.8) is 0 Å². The molecule has 1 atom stereocenters. The summed E-state index contributed by atoms with van der Waals surface area (Å²) in [4.78, 5) is 2.17. The number of halogens is 1. The molecule has 0 spiro atoms. The third-order valence-corrected chi connectivity index (χ3v) is 4.65. The Labute approximate surface area is 139 Å². The van der Waals surface area contributed by atoms with Crippen molar-refractivity contribution in [1.82, 2.24) is 14.7 Å². The molecular formula is C16H21IN3O. The molecule has 1 aromatic carbocycles. The van der Waals surface area contributed by atoms with Crippen molar-refractivity contribution < 1.29 is 4.74 Å². The van der Waals surface area contributed by atoms with Gasteiger partial charge in [0, 0.05) is 22.1 Å². The molecular weight excluding hydrogens is 377 g/mol. The van der Waals surface area contributed by atoms with Gasteiger partial charge in [-0.05, 0) is 80.6 Å². The second-order valence-electron chi connectivity index (χ2n) is 5.61. The summed E-state index contributed by atoms with van der Waals surface area (Å²) in [5.41, 5.74) is 2.29. The highest BCUT2D eigenvalue weighted by molar-refractivity contribution is 14.1. The van der Waals surface area contributed by atoms with Gasteiger partial charge >= 0.3 is 0 Å². The van der Waals surface area contributed by atoms with Gasteiger partial charge in [-0.1, -0.05) is 0 Å². The molecule has 1 aliphatic heterocycles. The van der Waals surface area contributed by atoms with Gasteiger partial charge in [-0.2, -0.15) is 5.10 Å². The van der Waals surface area contributed by atoms with Crippen molar-refractivity contribution >= 4 is 33.5 Å². The quantitative estimate of drug-likeness (QED) is 0.738. The molecule has 113 valence electrons. The molecule has 0 bridgehead atoms. The zero-order valence-electron chi connectivity index (χ0n) is 12.4. The molecule has 0 N–H and O–H groups in total. The van der Waals surface area contributed by atoms with Gasteiger partial charge in [0.05, 0.1) is 11.2 Å². The van der Waals surface area contributed by atoms with Crippen LogP contribution in [0.3, 0.4) is 0 Å². The van der Waals surface area contributed by atoms with E-state index in [2.05, 4.69) is 64.3 Å². The minimum absolute atomic E-state index is 0.0834. The number of aromatic nitrogens is 2. The number of nitrogens with zero attached hydrogens (tertiary/aromatic N) is 3. The fourth-order valence-corrected chi connectivity index (χ4v) is 3.26. The first-order chi connectivity index (χ1) is 10.2. The fraction of sp³-hybridized carbons (Fsp3) is 0.500. The first kappa shape index (κ1) is 15.2. The highest BCUT2D eigenvalue weighted by Crippen LogP contribution is 2.29. The van der Waals surface area contributed by atoms with Gasteiger partial charge in [-0.15, -0.1) is 0 Å². The molecule has 5 heteroatoms. The Bertz CT molecular complexity index is 619. The Morgan fingerprint density at radius 1 is 1.48 bits per heavy atom. The van der Waals surface area contributed by atoms with Crippen molar-refractivity contribution in [2.24, 2.45) is 0 Å². The molecule has 2 aromatic rings. The van der Waals surface area contributed by atoms with Crippen LogP contribution < -0.4 is 0 Å². The Morgan fingerprint density at radius 3 is 3.05 bits per heavy atom. The zero-order chi connectivity index (χ0) is 14.8. The van der Waals surface area contributed by atoms with Gasteiger partial charge in [0.25, 0.3) is 0 Å². The summed E-state index contributed by atoms with van der Waals surface area (Å²) in [7, 11) is 2.07. The highest BCUT2D eigenvalue weighted by Gasteiger charge is 2.21. The van der Waals surface area contributed by atoms with Crippen LogP contribution in [0.25, 0.3) is 10.9 Å². The van der Waals surface area contributed by atoms with Gasteiger partial charge in [-0.3, -0.25) is 0 Å². The van der Waals surface area contributed by atoms with E-state index in [0.29, 0.717) is 0 Å². The minimum Gasteiger partial charge on any atom is -0.356 e. The number of benzene rings is 1. The van der Waals surface area contributed by atoms with E-state index in [-0.39, 0.29) is 6.23 Å². The van der Waals surface area contributed by atoms with E-state index in [9.17, 15) is 0 Å².